The van der Waals surface area contributed by atoms with Crippen LogP contribution in [0.1, 0.15) is 0 Å². The third-order valence-electron chi connectivity index (χ3n) is 7.34. The number of hydrogen-bond acceptors (Lipinski definition) is 5. The van der Waals surface area contributed by atoms with E-state index in [9.17, 15) is 0 Å². The lowest BCUT2D eigenvalue weighted by Gasteiger charge is -2.19. The maximum Gasteiger partial charge on any atom is 0.141 e. The van der Waals surface area contributed by atoms with Crippen molar-refractivity contribution < 1.29 is 4.74 Å². The van der Waals surface area contributed by atoms with E-state index in [1.807, 2.05) is 96.3 Å². The fraction of sp³-hybridized carbons (Fsp3) is 0.0556. The molecule has 6 nitrogen and oxygen atoms in total. The molecule has 6 aromatic rings. The number of anilines is 2. The van der Waals surface area contributed by atoms with E-state index in [0.717, 1.165) is 56.8 Å². The second kappa shape index (κ2) is 11.1. The Morgan fingerprint density at radius 1 is 0.595 bits per heavy atom. The lowest BCUT2D eigenvalue weighted by Crippen LogP contribution is -2.26. The SMILES string of the molecule is Cn1c(-c2cccc(Oc3cccc(N4CN(c5ccccc5)C=N4)c3)c2)nc(-c2ccccc2)c1-c1ccccc1. The molecule has 5 aromatic carbocycles. The molecular weight excluding hydrogens is 518 g/mol. The highest BCUT2D eigenvalue weighted by Gasteiger charge is 2.20. The van der Waals surface area contributed by atoms with Gasteiger partial charge in [-0.25, -0.2) is 9.99 Å². The molecule has 204 valence electrons. The highest BCUT2D eigenvalue weighted by molar-refractivity contribution is 5.84. The van der Waals surface area contributed by atoms with E-state index in [-0.39, 0.29) is 0 Å². The predicted molar refractivity (Wildman–Crippen MR) is 171 cm³/mol. The number of nitrogens with zero attached hydrogens (tertiary/aromatic N) is 5. The van der Waals surface area contributed by atoms with Gasteiger partial charge in [0, 0.05) is 35.5 Å². The fourth-order valence-corrected chi connectivity index (χ4v) is 5.28. The highest BCUT2D eigenvalue weighted by atomic mass is 16.5. The molecule has 0 aliphatic carbocycles. The van der Waals surface area contributed by atoms with Gasteiger partial charge in [-0.05, 0) is 36.4 Å². The largest absolute Gasteiger partial charge is 0.457 e. The first-order valence-electron chi connectivity index (χ1n) is 13.9. The minimum Gasteiger partial charge on any atom is -0.457 e. The van der Waals surface area contributed by atoms with E-state index >= 15 is 0 Å². The maximum absolute atomic E-state index is 6.37. The van der Waals surface area contributed by atoms with Crippen LogP contribution in [-0.4, -0.2) is 22.6 Å². The van der Waals surface area contributed by atoms with Crippen LogP contribution in [0.2, 0.25) is 0 Å². The highest BCUT2D eigenvalue weighted by Crippen LogP contribution is 2.37. The van der Waals surface area contributed by atoms with Crippen LogP contribution in [0.3, 0.4) is 0 Å². The van der Waals surface area contributed by atoms with Gasteiger partial charge in [0.25, 0.3) is 0 Å². The van der Waals surface area contributed by atoms with Crippen molar-refractivity contribution >= 4 is 17.7 Å². The van der Waals surface area contributed by atoms with Crippen molar-refractivity contribution in [2.75, 3.05) is 16.6 Å². The van der Waals surface area contributed by atoms with Gasteiger partial charge in [0.1, 0.15) is 30.3 Å². The van der Waals surface area contributed by atoms with Crippen molar-refractivity contribution in [1.82, 2.24) is 9.55 Å². The van der Waals surface area contributed by atoms with Gasteiger partial charge < -0.3 is 14.2 Å². The van der Waals surface area contributed by atoms with Gasteiger partial charge in [0.2, 0.25) is 0 Å². The van der Waals surface area contributed by atoms with Crippen LogP contribution in [0.15, 0.2) is 145 Å². The lowest BCUT2D eigenvalue weighted by molar-refractivity contribution is 0.483. The Labute approximate surface area is 245 Å². The molecule has 0 unspecified atom stereocenters. The normalized spacial score (nSPS) is 12.6. The Bertz CT molecular complexity index is 1850. The number of aromatic nitrogens is 2. The van der Waals surface area contributed by atoms with Crippen LogP contribution in [0.4, 0.5) is 11.4 Å². The third-order valence-corrected chi connectivity index (χ3v) is 7.34. The average molecular weight is 548 g/mol. The first-order chi connectivity index (χ1) is 20.7. The molecule has 0 fully saturated rings. The molecule has 0 spiro atoms. The molecule has 0 saturated carbocycles. The molecule has 0 radical (unpaired) electrons. The zero-order valence-electron chi connectivity index (χ0n) is 23.2. The summed E-state index contributed by atoms with van der Waals surface area (Å²) in [6.07, 6.45) is 1.85. The van der Waals surface area contributed by atoms with E-state index < -0.39 is 0 Å². The molecule has 7 rings (SSSR count). The summed E-state index contributed by atoms with van der Waals surface area (Å²) in [5.41, 5.74) is 7.28. The topological polar surface area (TPSA) is 45.9 Å². The Hall–Kier alpha value is -5.62. The van der Waals surface area contributed by atoms with Crippen LogP contribution in [0.25, 0.3) is 33.9 Å². The number of hydrazone groups is 1. The van der Waals surface area contributed by atoms with Crippen LogP contribution < -0.4 is 14.6 Å². The second-order valence-electron chi connectivity index (χ2n) is 10.1. The number of ether oxygens (including phenoxy) is 1. The van der Waals surface area contributed by atoms with Crippen molar-refractivity contribution in [2.45, 2.75) is 0 Å². The Kier molecular flexibility index (Phi) is 6.70. The summed E-state index contributed by atoms with van der Waals surface area (Å²) in [4.78, 5) is 7.26. The van der Waals surface area contributed by atoms with Crippen molar-refractivity contribution in [3.05, 3.63) is 140 Å². The smallest absolute Gasteiger partial charge is 0.141 e. The van der Waals surface area contributed by atoms with Gasteiger partial charge in [0.15, 0.2) is 0 Å². The molecule has 1 aliphatic heterocycles. The molecule has 1 aromatic heterocycles. The van der Waals surface area contributed by atoms with Crippen molar-refractivity contribution in [3.63, 3.8) is 0 Å². The second-order valence-corrected chi connectivity index (χ2v) is 10.1. The van der Waals surface area contributed by atoms with E-state index in [1.54, 1.807) is 0 Å². The van der Waals surface area contributed by atoms with Crippen molar-refractivity contribution in [2.24, 2.45) is 12.1 Å². The van der Waals surface area contributed by atoms with Crippen molar-refractivity contribution in [1.29, 1.82) is 0 Å². The summed E-state index contributed by atoms with van der Waals surface area (Å²) in [6, 6.07) is 47.1. The van der Waals surface area contributed by atoms with Crippen LogP contribution >= 0.6 is 0 Å². The standard InChI is InChI=1S/C36H29N5O/c1-39-35(28-15-7-3-8-16-28)34(27-13-5-2-6-14-27)38-36(39)29-17-11-21-32(23-29)42-33-22-12-20-31(24-33)41-26-40(25-37-41)30-18-9-4-10-19-30/h2-25H,26H2,1H3. The number of imidazole rings is 1. The average Bonchev–Trinajstić information content (AvgIpc) is 3.68. The third kappa shape index (κ3) is 5.02. The molecule has 0 atom stereocenters. The van der Waals surface area contributed by atoms with Gasteiger partial charge >= 0.3 is 0 Å². The maximum atomic E-state index is 6.37. The summed E-state index contributed by atoms with van der Waals surface area (Å²) >= 11 is 0. The van der Waals surface area contributed by atoms with E-state index in [4.69, 9.17) is 9.72 Å². The zero-order chi connectivity index (χ0) is 28.3. The summed E-state index contributed by atoms with van der Waals surface area (Å²) < 4.78 is 8.54. The molecule has 0 N–H and O–H groups in total. The van der Waals surface area contributed by atoms with E-state index in [1.165, 1.54) is 0 Å². The van der Waals surface area contributed by atoms with Gasteiger partial charge in [-0.1, -0.05) is 97.1 Å². The minimum absolute atomic E-state index is 0.635. The summed E-state index contributed by atoms with van der Waals surface area (Å²) in [7, 11) is 2.07. The van der Waals surface area contributed by atoms with Crippen LogP contribution in [0, 0.1) is 0 Å². The quantitative estimate of drug-likeness (QED) is 0.201. The van der Waals surface area contributed by atoms with Gasteiger partial charge in [-0.3, -0.25) is 0 Å². The molecule has 0 saturated heterocycles. The monoisotopic (exact) mass is 547 g/mol. The molecular formula is C36H29N5O. The summed E-state index contributed by atoms with van der Waals surface area (Å²) in [6.45, 7) is 0.635. The Morgan fingerprint density at radius 3 is 1.93 bits per heavy atom. The molecule has 6 heteroatoms. The van der Waals surface area contributed by atoms with Crippen LogP contribution in [-0.2, 0) is 7.05 Å². The number of hydrogen-bond donors (Lipinski definition) is 0. The van der Waals surface area contributed by atoms with E-state index in [2.05, 4.69) is 76.2 Å². The Morgan fingerprint density at radius 2 is 1.19 bits per heavy atom. The first-order valence-corrected chi connectivity index (χ1v) is 13.9. The van der Waals surface area contributed by atoms with Crippen molar-refractivity contribution in [3.8, 4) is 45.4 Å². The molecule has 0 amide bonds. The molecule has 42 heavy (non-hydrogen) atoms. The Balaban J connectivity index is 1.17. The van der Waals surface area contributed by atoms with E-state index in [0.29, 0.717) is 6.67 Å². The number of para-hydroxylation sites is 1. The molecule has 0 bridgehead atoms. The van der Waals surface area contributed by atoms with Gasteiger partial charge in [0.05, 0.1) is 17.1 Å². The molecule has 2 heterocycles. The van der Waals surface area contributed by atoms with Crippen LogP contribution in [0.5, 0.6) is 11.5 Å². The lowest BCUT2D eigenvalue weighted by atomic mass is 10.1. The van der Waals surface area contributed by atoms with Gasteiger partial charge in [-0.15, -0.1) is 0 Å². The number of rotatable bonds is 7. The summed E-state index contributed by atoms with van der Waals surface area (Å²) in [5, 5.41) is 6.56. The summed E-state index contributed by atoms with van der Waals surface area (Å²) in [5.74, 6) is 2.36. The van der Waals surface area contributed by atoms with Gasteiger partial charge in [-0.2, -0.15) is 5.10 Å². The molecule has 1 aliphatic rings. The number of benzene rings is 5. The minimum atomic E-state index is 0.635. The predicted octanol–water partition coefficient (Wildman–Crippen LogP) is 8.44. The zero-order valence-corrected chi connectivity index (χ0v) is 23.2. The fourth-order valence-electron chi connectivity index (χ4n) is 5.28. The first kappa shape index (κ1) is 25.4.